The number of hydrogen-bond donors (Lipinski definition) is 2. The maximum atomic E-state index is 10.6. The van der Waals surface area contributed by atoms with Crippen LogP contribution in [0.5, 0.6) is 0 Å². The Labute approximate surface area is 29.0 Å². The van der Waals surface area contributed by atoms with E-state index in [-0.39, 0.29) is 0 Å². The van der Waals surface area contributed by atoms with Gasteiger partial charge in [-0.15, -0.1) is 0 Å². The average molecular weight is 100.0 g/mol. The SMILES string of the molecule is OOP(O)F. The summed E-state index contributed by atoms with van der Waals surface area (Å²) in [6.45, 7) is 0. The minimum Gasteiger partial charge on any atom is -0.323 e. The molecule has 0 spiro atoms. The first-order chi connectivity index (χ1) is 2.27. The monoisotopic (exact) mass is 100.0 g/mol. The summed E-state index contributed by atoms with van der Waals surface area (Å²) in [6, 6.07) is 0. The topological polar surface area (TPSA) is 49.7 Å². The highest BCUT2D eigenvalue weighted by atomic mass is 31.2. The van der Waals surface area contributed by atoms with Crippen molar-refractivity contribution in [2.45, 2.75) is 0 Å². The van der Waals surface area contributed by atoms with Crippen LogP contribution in [0.3, 0.4) is 0 Å². The van der Waals surface area contributed by atoms with E-state index in [0.29, 0.717) is 0 Å². The van der Waals surface area contributed by atoms with E-state index in [1.54, 1.807) is 0 Å². The maximum absolute atomic E-state index is 10.6. The van der Waals surface area contributed by atoms with Gasteiger partial charge in [-0.1, -0.05) is 0 Å². The van der Waals surface area contributed by atoms with Gasteiger partial charge in [-0.3, -0.25) is 0 Å². The normalized spacial score (nSPS) is 15.0. The van der Waals surface area contributed by atoms with Gasteiger partial charge in [0.1, 0.15) is 0 Å². The Bertz CT molecular complexity index is 20.9. The second kappa shape index (κ2) is 2.48. The molecule has 3 nitrogen and oxygen atoms in total. The van der Waals surface area contributed by atoms with Crippen molar-refractivity contribution in [3.8, 4) is 0 Å². The van der Waals surface area contributed by atoms with E-state index in [1.165, 1.54) is 0 Å². The van der Waals surface area contributed by atoms with E-state index in [0.717, 1.165) is 0 Å². The van der Waals surface area contributed by atoms with E-state index in [2.05, 4.69) is 4.67 Å². The van der Waals surface area contributed by atoms with E-state index >= 15 is 0 Å². The summed E-state index contributed by atoms with van der Waals surface area (Å²) >= 11 is 0. The molecule has 5 heavy (non-hydrogen) atoms. The van der Waals surface area contributed by atoms with E-state index in [4.69, 9.17) is 10.2 Å². The van der Waals surface area contributed by atoms with Crippen molar-refractivity contribution in [1.82, 2.24) is 0 Å². The predicted molar refractivity (Wildman–Crippen MR) is 14.0 cm³/mol. The standard InChI is InChI=1S/FH2O3P/c1-5(3)4-2/h2-3H. The van der Waals surface area contributed by atoms with Crippen LogP contribution < -0.4 is 0 Å². The molecule has 0 saturated heterocycles. The summed E-state index contributed by atoms with van der Waals surface area (Å²) in [4.78, 5) is 7.29. The first-order valence-electron chi connectivity index (χ1n) is 0.734. The molecule has 0 saturated carbocycles. The van der Waals surface area contributed by atoms with Gasteiger partial charge in [-0.05, 0) is 0 Å². The molecule has 1 atom stereocenters. The minimum absolute atomic E-state index is 2.70. The Hall–Kier alpha value is 0.240. The molecule has 2 N–H and O–H groups in total. The lowest BCUT2D eigenvalue weighted by molar-refractivity contribution is -0.142. The third-order valence-corrected chi connectivity index (χ3v) is 0.202. The largest absolute Gasteiger partial charge is 0.400 e. The lowest BCUT2D eigenvalue weighted by atomic mass is 15.0. The van der Waals surface area contributed by atoms with Crippen LogP contribution >= 0.6 is 8.69 Å². The summed E-state index contributed by atoms with van der Waals surface area (Å²) in [6.07, 6.45) is 0. The van der Waals surface area contributed by atoms with Gasteiger partial charge in [0.15, 0.2) is 0 Å². The molecule has 0 aliphatic rings. The first-order valence-corrected chi connectivity index (χ1v) is 1.84. The molecule has 0 heterocycles. The maximum Gasteiger partial charge on any atom is 0.400 e. The Morgan fingerprint density at radius 3 is 2.00 bits per heavy atom. The van der Waals surface area contributed by atoms with Gasteiger partial charge < -0.3 is 4.89 Å². The smallest absolute Gasteiger partial charge is 0.323 e. The zero-order valence-electron chi connectivity index (χ0n) is 2.13. The molecule has 0 aromatic rings. The third kappa shape index (κ3) is 4.24. The van der Waals surface area contributed by atoms with Gasteiger partial charge in [0, 0.05) is 0 Å². The van der Waals surface area contributed by atoms with E-state index in [9.17, 15) is 4.20 Å². The molecule has 0 aliphatic carbocycles. The molecule has 0 fully saturated rings. The fourth-order valence-electron chi connectivity index (χ4n) is 0. The van der Waals surface area contributed by atoms with Crippen LogP contribution in [0.2, 0.25) is 0 Å². The highest BCUT2D eigenvalue weighted by Crippen LogP contribution is 2.29. The molecule has 32 valence electrons. The number of hydrogen-bond acceptors (Lipinski definition) is 3. The van der Waals surface area contributed by atoms with Crippen LogP contribution in [0.4, 0.5) is 4.20 Å². The van der Waals surface area contributed by atoms with E-state index < -0.39 is 8.69 Å². The molecular formula is H2FO3P. The van der Waals surface area contributed by atoms with Crippen molar-refractivity contribution in [1.29, 1.82) is 0 Å². The van der Waals surface area contributed by atoms with Crippen LogP contribution in [-0.4, -0.2) is 10.2 Å². The number of halogens is 1. The summed E-state index contributed by atoms with van der Waals surface area (Å²) in [7, 11) is -3.04. The lowest BCUT2D eigenvalue weighted by Gasteiger charge is -1.82. The van der Waals surface area contributed by atoms with E-state index in [1.807, 2.05) is 0 Å². The van der Waals surface area contributed by atoms with Crippen molar-refractivity contribution in [2.75, 3.05) is 0 Å². The average Bonchev–Trinajstić information content (AvgIpc) is 1.38. The van der Waals surface area contributed by atoms with Crippen LogP contribution in [-0.2, 0) is 4.67 Å². The Kier molecular flexibility index (Phi) is 2.59. The molecule has 0 rings (SSSR count). The molecule has 0 bridgehead atoms. The zero-order valence-corrected chi connectivity index (χ0v) is 3.02. The third-order valence-electron chi connectivity index (χ3n) is 0.0674. The minimum atomic E-state index is -3.04. The van der Waals surface area contributed by atoms with Gasteiger partial charge in [-0.2, -0.15) is 8.87 Å². The van der Waals surface area contributed by atoms with Crippen molar-refractivity contribution < 1.29 is 19.0 Å². The van der Waals surface area contributed by atoms with Gasteiger partial charge >= 0.3 is 8.69 Å². The molecule has 0 amide bonds. The zero-order chi connectivity index (χ0) is 4.28. The molecule has 0 aromatic heterocycles. The molecule has 0 radical (unpaired) electrons. The second-order valence-corrected chi connectivity index (χ2v) is 0.924. The highest BCUT2D eigenvalue weighted by Gasteiger charge is 1.94. The summed E-state index contributed by atoms with van der Waals surface area (Å²) < 4.78 is 13.3. The van der Waals surface area contributed by atoms with Gasteiger partial charge in [0.25, 0.3) is 0 Å². The fourth-order valence-corrected chi connectivity index (χ4v) is 0. The fraction of sp³-hybridized carbons (Fsp3) is 0. The highest BCUT2D eigenvalue weighted by molar-refractivity contribution is 7.39. The Balaban J connectivity index is 2.54. The second-order valence-electron chi connectivity index (χ2n) is 0.308. The number of rotatable bonds is 1. The van der Waals surface area contributed by atoms with Gasteiger partial charge in [-0.25, -0.2) is 5.26 Å². The summed E-state index contributed by atoms with van der Waals surface area (Å²) in [5.41, 5.74) is 0. The van der Waals surface area contributed by atoms with Crippen molar-refractivity contribution >= 4 is 8.69 Å². The van der Waals surface area contributed by atoms with Crippen LogP contribution in [0, 0.1) is 0 Å². The Morgan fingerprint density at radius 2 is 2.00 bits per heavy atom. The molecule has 5 heteroatoms. The Morgan fingerprint density at radius 1 is 1.80 bits per heavy atom. The molecule has 0 aromatic carbocycles. The van der Waals surface area contributed by atoms with Crippen molar-refractivity contribution in [3.63, 3.8) is 0 Å². The van der Waals surface area contributed by atoms with Crippen LogP contribution in [0.1, 0.15) is 0 Å². The molecular weight excluding hydrogens is 98.0 g/mol. The quantitative estimate of drug-likeness (QED) is 0.289. The summed E-state index contributed by atoms with van der Waals surface area (Å²) in [5, 5.41) is 7.05. The first kappa shape index (κ1) is 5.24. The lowest BCUT2D eigenvalue weighted by Crippen LogP contribution is -1.62. The molecule has 1 unspecified atom stereocenters. The van der Waals surface area contributed by atoms with Crippen LogP contribution in [0.25, 0.3) is 0 Å². The summed E-state index contributed by atoms with van der Waals surface area (Å²) in [5.74, 6) is 0. The van der Waals surface area contributed by atoms with Gasteiger partial charge in [0.05, 0.1) is 0 Å². The predicted octanol–water partition coefficient (Wildman–Crippen LogP) is 0.665. The van der Waals surface area contributed by atoms with Gasteiger partial charge in [0.2, 0.25) is 0 Å². The van der Waals surface area contributed by atoms with Crippen LogP contribution in [0.15, 0.2) is 0 Å². The van der Waals surface area contributed by atoms with Crippen molar-refractivity contribution in [2.24, 2.45) is 0 Å². The van der Waals surface area contributed by atoms with Crippen molar-refractivity contribution in [3.05, 3.63) is 0 Å². The molecule has 0 aliphatic heterocycles.